The maximum Gasteiger partial charge on any atom is 0.416 e. The van der Waals surface area contributed by atoms with Crippen molar-refractivity contribution in [3.05, 3.63) is 89.0 Å². The second-order valence-corrected chi connectivity index (χ2v) is 11.1. The Morgan fingerprint density at radius 3 is 2.29 bits per heavy atom. The molecule has 3 aromatic carbocycles. The molecule has 0 saturated carbocycles. The highest BCUT2D eigenvalue weighted by Crippen LogP contribution is 2.59. The van der Waals surface area contributed by atoms with Crippen molar-refractivity contribution in [2.75, 3.05) is 16.3 Å². The van der Waals surface area contributed by atoms with E-state index in [9.17, 15) is 21.6 Å². The van der Waals surface area contributed by atoms with Crippen molar-refractivity contribution in [2.45, 2.75) is 42.4 Å². The van der Waals surface area contributed by atoms with Crippen molar-refractivity contribution in [1.82, 2.24) is 0 Å². The molecule has 2 aliphatic heterocycles. The number of rotatable bonds is 2. The fraction of sp³-hybridized carbons (Fsp3) is 0.259. The van der Waals surface area contributed by atoms with Gasteiger partial charge in [-0.3, -0.25) is 0 Å². The molecule has 2 aliphatic rings. The maximum absolute atomic E-state index is 14.2. The van der Waals surface area contributed by atoms with Crippen LogP contribution in [0.4, 0.5) is 24.5 Å². The van der Waals surface area contributed by atoms with Gasteiger partial charge in [-0.05, 0) is 48.4 Å². The van der Waals surface area contributed by atoms with Gasteiger partial charge in [0.25, 0.3) is 10.0 Å². The van der Waals surface area contributed by atoms with Gasteiger partial charge in [-0.1, -0.05) is 54.8 Å². The molecule has 0 saturated heterocycles. The lowest BCUT2D eigenvalue weighted by atomic mass is 9.66. The molecule has 0 radical (unpaired) electrons. The van der Waals surface area contributed by atoms with Crippen LogP contribution < -0.4 is 9.21 Å². The highest BCUT2D eigenvalue weighted by atomic mass is 32.2. The molecule has 4 nitrogen and oxygen atoms in total. The minimum absolute atomic E-state index is 0.00248. The minimum atomic E-state index is -4.65. The monoisotopic (exact) mass is 496 g/mol. The summed E-state index contributed by atoms with van der Waals surface area (Å²) in [5.74, 6) is 2.13. The molecule has 5 rings (SSSR count). The highest BCUT2D eigenvalue weighted by Gasteiger charge is 2.60. The molecular formula is C27H23F3N2O2S. The third-order valence-electron chi connectivity index (χ3n) is 7.24. The number of anilines is 2. The second-order valence-electron chi connectivity index (χ2n) is 9.27. The third-order valence-corrected chi connectivity index (χ3v) is 9.02. The van der Waals surface area contributed by atoms with Gasteiger partial charge in [0, 0.05) is 12.7 Å². The first-order chi connectivity index (χ1) is 16.4. The fourth-order valence-corrected chi connectivity index (χ4v) is 7.32. The van der Waals surface area contributed by atoms with Crippen LogP contribution in [0.25, 0.3) is 0 Å². The van der Waals surface area contributed by atoms with Gasteiger partial charge >= 0.3 is 6.18 Å². The number of sulfonamides is 1. The summed E-state index contributed by atoms with van der Waals surface area (Å²) in [5, 5.41) is 0. The zero-order chi connectivity index (χ0) is 25.3. The van der Waals surface area contributed by atoms with Gasteiger partial charge in [-0.15, -0.1) is 6.42 Å². The Labute approximate surface area is 203 Å². The summed E-state index contributed by atoms with van der Waals surface area (Å²) < 4.78 is 70.7. The van der Waals surface area contributed by atoms with E-state index >= 15 is 0 Å². The molecule has 0 aliphatic carbocycles. The van der Waals surface area contributed by atoms with Crippen LogP contribution in [0.3, 0.4) is 0 Å². The number of para-hydroxylation sites is 1. The first-order valence-electron chi connectivity index (χ1n) is 11.0. The zero-order valence-electron chi connectivity index (χ0n) is 19.3. The second kappa shape index (κ2) is 7.53. The van der Waals surface area contributed by atoms with Crippen LogP contribution in [0, 0.1) is 19.3 Å². The van der Waals surface area contributed by atoms with E-state index in [0.29, 0.717) is 5.56 Å². The fourth-order valence-electron chi connectivity index (χ4n) is 5.57. The van der Waals surface area contributed by atoms with E-state index in [0.717, 1.165) is 33.3 Å². The normalized spacial score (nSPS) is 23.3. The predicted molar refractivity (Wildman–Crippen MR) is 130 cm³/mol. The van der Waals surface area contributed by atoms with E-state index in [1.807, 2.05) is 38.1 Å². The molecule has 180 valence electrons. The first-order valence-corrected chi connectivity index (χ1v) is 12.5. The summed E-state index contributed by atoms with van der Waals surface area (Å²) in [7, 11) is -2.52. The Hall–Kier alpha value is -3.44. The summed E-state index contributed by atoms with van der Waals surface area (Å²) in [6.45, 7) is 3.72. The van der Waals surface area contributed by atoms with E-state index in [4.69, 9.17) is 6.42 Å². The summed E-state index contributed by atoms with van der Waals surface area (Å²) in [6.07, 6.45) is 0.490. The van der Waals surface area contributed by atoms with Crippen molar-refractivity contribution >= 4 is 21.4 Å². The summed E-state index contributed by atoms with van der Waals surface area (Å²) >= 11 is 0. The lowest BCUT2D eigenvalue weighted by molar-refractivity contribution is -0.137. The maximum atomic E-state index is 14.2. The van der Waals surface area contributed by atoms with E-state index in [-0.39, 0.29) is 10.6 Å². The molecule has 3 aromatic rings. The lowest BCUT2D eigenvalue weighted by Crippen LogP contribution is -2.61. The lowest BCUT2D eigenvalue weighted by Gasteiger charge is -2.50. The van der Waals surface area contributed by atoms with Gasteiger partial charge < -0.3 is 4.90 Å². The number of benzene rings is 3. The quantitative estimate of drug-likeness (QED) is 0.429. The topological polar surface area (TPSA) is 40.6 Å². The molecule has 0 bridgehead atoms. The molecule has 0 spiro atoms. The number of fused-ring (bicyclic) bond motifs is 4. The van der Waals surface area contributed by atoms with Crippen molar-refractivity contribution in [3.63, 3.8) is 0 Å². The van der Waals surface area contributed by atoms with Crippen LogP contribution in [-0.4, -0.2) is 21.6 Å². The van der Waals surface area contributed by atoms with Crippen molar-refractivity contribution < 1.29 is 21.6 Å². The van der Waals surface area contributed by atoms with Crippen LogP contribution in [0.5, 0.6) is 0 Å². The Morgan fingerprint density at radius 1 is 1.00 bits per heavy atom. The van der Waals surface area contributed by atoms with Crippen LogP contribution >= 0.6 is 0 Å². The molecular weight excluding hydrogens is 473 g/mol. The molecule has 35 heavy (non-hydrogen) atoms. The highest BCUT2D eigenvalue weighted by molar-refractivity contribution is 7.92. The van der Waals surface area contributed by atoms with Crippen LogP contribution in [0.1, 0.15) is 35.1 Å². The Balaban J connectivity index is 1.86. The van der Waals surface area contributed by atoms with Crippen molar-refractivity contribution in [2.24, 2.45) is 0 Å². The Bertz CT molecular complexity index is 1480. The number of likely N-dealkylation sites (N-methyl/N-ethyl adjacent to an activating group) is 1. The van der Waals surface area contributed by atoms with Gasteiger partial charge in [-0.2, -0.15) is 13.2 Å². The van der Waals surface area contributed by atoms with Gasteiger partial charge in [0.05, 0.1) is 27.5 Å². The summed E-state index contributed by atoms with van der Waals surface area (Å²) in [5.41, 5.74) is 0.983. The number of aryl methyl sites for hydroxylation is 1. The molecule has 0 N–H and O–H groups in total. The van der Waals surface area contributed by atoms with Gasteiger partial charge in [0.1, 0.15) is 6.17 Å². The number of alkyl halides is 3. The first kappa shape index (κ1) is 23.3. The van der Waals surface area contributed by atoms with Gasteiger partial charge in [-0.25, -0.2) is 12.7 Å². The number of terminal acetylenes is 1. The predicted octanol–water partition coefficient (Wildman–Crippen LogP) is 5.67. The molecule has 0 unspecified atom stereocenters. The minimum Gasteiger partial charge on any atom is -0.352 e. The molecule has 0 aromatic heterocycles. The number of nitrogens with zero attached hydrogens (tertiary/aromatic N) is 2. The van der Waals surface area contributed by atoms with Crippen LogP contribution in [0.2, 0.25) is 0 Å². The van der Waals surface area contributed by atoms with Gasteiger partial charge in [0.15, 0.2) is 0 Å². The zero-order valence-corrected chi connectivity index (χ0v) is 20.2. The van der Waals surface area contributed by atoms with Crippen LogP contribution in [-0.2, 0) is 21.6 Å². The summed E-state index contributed by atoms with van der Waals surface area (Å²) in [4.78, 5) is 1.80. The molecule has 8 heteroatoms. The Kier molecular flexibility index (Phi) is 5.01. The smallest absolute Gasteiger partial charge is 0.352 e. The van der Waals surface area contributed by atoms with E-state index in [2.05, 4.69) is 5.92 Å². The van der Waals surface area contributed by atoms with Crippen molar-refractivity contribution in [1.29, 1.82) is 0 Å². The summed E-state index contributed by atoms with van der Waals surface area (Å²) in [6, 6.07) is 17.0. The average molecular weight is 497 g/mol. The number of halogens is 3. The van der Waals surface area contributed by atoms with E-state index in [1.165, 1.54) is 18.2 Å². The van der Waals surface area contributed by atoms with Crippen LogP contribution in [0.15, 0.2) is 71.6 Å². The number of hydrogen-bond donors (Lipinski definition) is 0. The largest absolute Gasteiger partial charge is 0.416 e. The third kappa shape index (κ3) is 3.18. The number of hydrogen-bond acceptors (Lipinski definition) is 3. The van der Waals surface area contributed by atoms with E-state index < -0.39 is 39.3 Å². The molecule has 0 fully saturated rings. The Morgan fingerprint density at radius 2 is 1.66 bits per heavy atom. The standard InChI is InChI=1S/C27H23F3N2O2S/c1-5-21-20-15-12-18(27(28,29)30)16-24(20)32(35(33,34)19-13-10-17(2)11-14-19)25-26(21,3)22-8-6-7-9-23(22)31(25)4/h1,6-16,21,25H,2-4H3/t21-,25+,26+/m0/s1. The molecule has 3 atom stereocenters. The van der Waals surface area contributed by atoms with E-state index in [1.54, 1.807) is 24.1 Å². The van der Waals surface area contributed by atoms with Gasteiger partial charge in [0.2, 0.25) is 0 Å². The SMILES string of the molecule is C#C[C@H]1c2ccc(C(F)(F)F)cc2N(S(=O)(=O)c2ccc(C)cc2)[C@H]2N(C)c3ccccc3[C@]21C. The average Bonchev–Trinajstić information content (AvgIpc) is 3.04. The molecule has 2 heterocycles. The van der Waals surface area contributed by atoms with Crippen molar-refractivity contribution in [3.8, 4) is 12.3 Å². The molecule has 0 amide bonds.